The molecule has 26 heavy (non-hydrogen) atoms. The Balaban J connectivity index is 2.11. The zero-order valence-corrected chi connectivity index (χ0v) is 15.8. The highest BCUT2D eigenvalue weighted by Gasteiger charge is 2.20. The van der Waals surface area contributed by atoms with E-state index in [0.29, 0.717) is 16.6 Å². The summed E-state index contributed by atoms with van der Waals surface area (Å²) in [6.07, 6.45) is 1.62. The van der Waals surface area contributed by atoms with Crippen LogP contribution in [0.5, 0.6) is 0 Å². The number of hydrogen-bond acceptors (Lipinski definition) is 3. The van der Waals surface area contributed by atoms with Crippen molar-refractivity contribution in [3.05, 3.63) is 52.6 Å². The minimum atomic E-state index is -0.658. The van der Waals surface area contributed by atoms with Crippen molar-refractivity contribution in [2.75, 3.05) is 5.32 Å². The minimum Gasteiger partial charge on any atom is -0.319 e. The van der Waals surface area contributed by atoms with E-state index in [2.05, 4.69) is 15.4 Å². The molecule has 1 aromatic carbocycles. The molecule has 0 fully saturated rings. The number of carbonyl (C=O) groups excluding carboxylic acids is 1. The normalized spacial score (nSPS) is 11.5. The number of halogens is 2. The van der Waals surface area contributed by atoms with Crippen molar-refractivity contribution < 1.29 is 9.18 Å². The van der Waals surface area contributed by atoms with Crippen LogP contribution in [0.3, 0.4) is 0 Å². The molecule has 0 aliphatic carbocycles. The molecule has 3 aromatic rings. The number of pyridine rings is 1. The number of benzene rings is 1. The molecule has 0 unspecified atom stereocenters. The van der Waals surface area contributed by atoms with E-state index in [0.717, 1.165) is 5.69 Å². The summed E-state index contributed by atoms with van der Waals surface area (Å²) >= 11 is 5.79. The zero-order valence-electron chi connectivity index (χ0n) is 15.0. The first kappa shape index (κ1) is 18.3. The van der Waals surface area contributed by atoms with E-state index in [4.69, 9.17) is 11.6 Å². The smallest absolute Gasteiger partial charge is 0.256 e. The fourth-order valence-corrected chi connectivity index (χ4v) is 2.86. The number of rotatable bonds is 4. The molecule has 0 radical (unpaired) electrons. The highest BCUT2D eigenvalue weighted by Crippen LogP contribution is 2.27. The van der Waals surface area contributed by atoms with Crippen molar-refractivity contribution in [2.45, 2.75) is 39.7 Å². The van der Waals surface area contributed by atoms with Crippen molar-refractivity contribution in [1.82, 2.24) is 14.8 Å². The summed E-state index contributed by atoms with van der Waals surface area (Å²) < 4.78 is 15.9. The number of aromatic nitrogens is 3. The largest absolute Gasteiger partial charge is 0.319 e. The Morgan fingerprint density at radius 2 is 2.00 bits per heavy atom. The van der Waals surface area contributed by atoms with E-state index in [1.807, 2.05) is 27.7 Å². The monoisotopic (exact) mass is 374 g/mol. The van der Waals surface area contributed by atoms with Crippen LogP contribution in [0.1, 0.15) is 55.7 Å². The number of amides is 1. The van der Waals surface area contributed by atoms with Crippen LogP contribution < -0.4 is 5.32 Å². The molecule has 0 saturated heterocycles. The van der Waals surface area contributed by atoms with E-state index in [1.165, 1.54) is 12.1 Å². The molecule has 1 N–H and O–H groups in total. The minimum absolute atomic E-state index is 0.0369. The van der Waals surface area contributed by atoms with Gasteiger partial charge in [-0.25, -0.2) is 14.1 Å². The van der Waals surface area contributed by atoms with Gasteiger partial charge < -0.3 is 5.32 Å². The van der Waals surface area contributed by atoms with E-state index < -0.39 is 11.7 Å². The zero-order chi connectivity index (χ0) is 19.0. The fraction of sp³-hybridized carbons (Fsp3) is 0.316. The van der Waals surface area contributed by atoms with E-state index in [1.54, 1.807) is 23.0 Å². The Bertz CT molecular complexity index is 981. The Kier molecular flexibility index (Phi) is 4.96. The lowest BCUT2D eigenvalue weighted by molar-refractivity contribution is 0.102. The molecule has 7 heteroatoms. The first-order valence-corrected chi connectivity index (χ1v) is 8.81. The number of nitrogens with zero attached hydrogens (tertiary/aromatic N) is 3. The van der Waals surface area contributed by atoms with Gasteiger partial charge in [0.15, 0.2) is 11.5 Å². The highest BCUT2D eigenvalue weighted by atomic mass is 35.5. The van der Waals surface area contributed by atoms with E-state index in [9.17, 15) is 9.18 Å². The molecular weight excluding hydrogens is 355 g/mol. The van der Waals surface area contributed by atoms with E-state index in [-0.39, 0.29) is 22.7 Å². The van der Waals surface area contributed by atoms with Gasteiger partial charge in [-0.05, 0) is 38.0 Å². The van der Waals surface area contributed by atoms with Crippen LogP contribution in [-0.4, -0.2) is 20.7 Å². The second-order valence-corrected chi connectivity index (χ2v) is 7.13. The molecule has 0 aliphatic heterocycles. The van der Waals surface area contributed by atoms with Crippen molar-refractivity contribution >= 4 is 34.2 Å². The molecule has 0 bridgehead atoms. The van der Waals surface area contributed by atoms with Crippen LogP contribution in [-0.2, 0) is 0 Å². The van der Waals surface area contributed by atoms with Crippen LogP contribution in [0, 0.1) is 5.82 Å². The lowest BCUT2D eigenvalue weighted by Gasteiger charge is -2.13. The molecule has 2 heterocycles. The van der Waals surface area contributed by atoms with Crippen LogP contribution in [0.4, 0.5) is 10.1 Å². The molecule has 0 spiro atoms. The number of hydrogen-bond donors (Lipinski definition) is 1. The van der Waals surface area contributed by atoms with E-state index >= 15 is 0 Å². The topological polar surface area (TPSA) is 59.8 Å². The Hall–Kier alpha value is -2.47. The Labute approximate surface area is 156 Å². The third-order valence-corrected chi connectivity index (χ3v) is 4.40. The maximum Gasteiger partial charge on any atom is 0.256 e. The van der Waals surface area contributed by atoms with Crippen LogP contribution >= 0.6 is 11.6 Å². The predicted molar refractivity (Wildman–Crippen MR) is 101 cm³/mol. The second kappa shape index (κ2) is 7.03. The van der Waals surface area contributed by atoms with Crippen molar-refractivity contribution in [3.63, 3.8) is 0 Å². The van der Waals surface area contributed by atoms with Crippen molar-refractivity contribution in [2.24, 2.45) is 0 Å². The van der Waals surface area contributed by atoms with Crippen LogP contribution in [0.2, 0.25) is 5.02 Å². The molecule has 136 valence electrons. The molecule has 3 rings (SSSR count). The summed E-state index contributed by atoms with van der Waals surface area (Å²) in [7, 11) is 0. The van der Waals surface area contributed by atoms with Crippen molar-refractivity contribution in [3.8, 4) is 0 Å². The molecule has 5 nitrogen and oxygen atoms in total. The second-order valence-electron chi connectivity index (χ2n) is 6.73. The van der Waals surface area contributed by atoms with Crippen molar-refractivity contribution in [1.29, 1.82) is 0 Å². The van der Waals surface area contributed by atoms with Gasteiger partial charge in [-0.15, -0.1) is 0 Å². The lowest BCUT2D eigenvalue weighted by atomic mass is 10.0. The average Bonchev–Trinajstić information content (AvgIpc) is 3.02. The van der Waals surface area contributed by atoms with Gasteiger partial charge in [-0.1, -0.05) is 31.5 Å². The quantitative estimate of drug-likeness (QED) is 0.684. The maximum atomic E-state index is 14.1. The van der Waals surface area contributed by atoms with Gasteiger partial charge in [0.05, 0.1) is 27.9 Å². The van der Waals surface area contributed by atoms with Gasteiger partial charge in [-0.2, -0.15) is 5.10 Å². The van der Waals surface area contributed by atoms with Gasteiger partial charge >= 0.3 is 0 Å². The summed E-state index contributed by atoms with van der Waals surface area (Å²) in [6, 6.07) is 6.32. The summed E-state index contributed by atoms with van der Waals surface area (Å²) in [5.41, 5.74) is 1.86. The number of nitrogens with one attached hydrogen (secondary N) is 1. The summed E-state index contributed by atoms with van der Waals surface area (Å²) in [5, 5.41) is 7.54. The Morgan fingerprint density at radius 1 is 1.27 bits per heavy atom. The van der Waals surface area contributed by atoms with Gasteiger partial charge in [-0.3, -0.25) is 4.79 Å². The summed E-state index contributed by atoms with van der Waals surface area (Å²) in [5.74, 6) is -0.956. The number of fused-ring (bicyclic) bond motifs is 1. The molecule has 0 atom stereocenters. The molecule has 0 saturated carbocycles. The maximum absolute atomic E-state index is 14.1. The Morgan fingerprint density at radius 3 is 2.65 bits per heavy atom. The third kappa shape index (κ3) is 3.29. The standard InChI is InChI=1S/C19H20ClFN4O/c1-10(2)16-8-12(13-9-22-25(11(3)4)18(13)23-16)19(26)24-15-7-5-6-14(20)17(15)21/h5-11H,1-4H3,(H,24,26). The molecule has 1 amide bonds. The molecule has 2 aromatic heterocycles. The van der Waals surface area contributed by atoms with Gasteiger partial charge in [0.2, 0.25) is 0 Å². The third-order valence-electron chi connectivity index (χ3n) is 4.11. The van der Waals surface area contributed by atoms with Gasteiger partial charge in [0.25, 0.3) is 5.91 Å². The number of anilines is 1. The molecular formula is C19H20ClFN4O. The predicted octanol–water partition coefficient (Wildman–Crippen LogP) is 5.18. The first-order chi connectivity index (χ1) is 12.3. The SMILES string of the molecule is CC(C)c1cc(C(=O)Nc2cccc(Cl)c2F)c2cnn(C(C)C)c2n1. The lowest BCUT2D eigenvalue weighted by Crippen LogP contribution is -2.15. The fourth-order valence-electron chi connectivity index (χ4n) is 2.69. The number of carbonyl (C=O) groups is 1. The molecule has 0 aliphatic rings. The first-order valence-electron chi connectivity index (χ1n) is 8.43. The van der Waals surface area contributed by atoms with Crippen LogP contribution in [0.15, 0.2) is 30.5 Å². The van der Waals surface area contributed by atoms with Gasteiger partial charge in [0.1, 0.15) is 0 Å². The highest BCUT2D eigenvalue weighted by molar-refractivity contribution is 6.31. The van der Waals surface area contributed by atoms with Crippen LogP contribution in [0.25, 0.3) is 11.0 Å². The average molecular weight is 375 g/mol. The van der Waals surface area contributed by atoms with Gasteiger partial charge in [0, 0.05) is 11.7 Å². The summed E-state index contributed by atoms with van der Waals surface area (Å²) in [6.45, 7) is 8.00. The summed E-state index contributed by atoms with van der Waals surface area (Å²) in [4.78, 5) is 17.5.